The fourth-order valence-corrected chi connectivity index (χ4v) is 2.45. The summed E-state index contributed by atoms with van der Waals surface area (Å²) in [5.74, 6) is 1.72. The minimum Gasteiger partial charge on any atom is -0.563 e. The Bertz CT molecular complexity index is 691. The molecule has 0 aliphatic carbocycles. The minimum atomic E-state index is 0.861. The van der Waals surface area contributed by atoms with E-state index in [9.17, 15) is 0 Å². The van der Waals surface area contributed by atoms with Crippen molar-refractivity contribution < 1.29 is 9.31 Å². The van der Waals surface area contributed by atoms with E-state index in [2.05, 4.69) is 36.4 Å². The van der Waals surface area contributed by atoms with Crippen LogP contribution in [0.3, 0.4) is 0 Å². The molecule has 0 saturated carbocycles. The fraction of sp³-hybridized carbons (Fsp3) is 0.125. The summed E-state index contributed by atoms with van der Waals surface area (Å²) in [6.07, 6.45) is 0. The molecular formula is C16H14B2O2. The molecule has 3 aromatic rings. The second kappa shape index (κ2) is 5.49. The molecule has 0 aliphatic rings. The van der Waals surface area contributed by atoms with Crippen molar-refractivity contribution in [1.29, 1.82) is 0 Å². The highest BCUT2D eigenvalue weighted by molar-refractivity contribution is 6.26. The average molecular weight is 260 g/mol. The van der Waals surface area contributed by atoms with Gasteiger partial charge in [-0.3, -0.25) is 0 Å². The fourth-order valence-electron chi connectivity index (χ4n) is 2.45. The highest BCUT2D eigenvalue weighted by Crippen LogP contribution is 2.30. The van der Waals surface area contributed by atoms with E-state index >= 15 is 0 Å². The molecule has 20 heavy (non-hydrogen) atoms. The third-order valence-corrected chi connectivity index (χ3v) is 3.29. The Morgan fingerprint density at radius 3 is 1.50 bits per heavy atom. The van der Waals surface area contributed by atoms with Gasteiger partial charge in [-0.2, -0.15) is 0 Å². The van der Waals surface area contributed by atoms with Gasteiger partial charge in [0.1, 0.15) is 0 Å². The molecule has 0 aliphatic heterocycles. The Hall–Kier alpha value is -2.09. The zero-order chi connectivity index (χ0) is 13.9. The Labute approximate surface area is 120 Å². The third-order valence-electron chi connectivity index (χ3n) is 3.29. The summed E-state index contributed by atoms with van der Waals surface area (Å²) in [6, 6.07) is 16.5. The van der Waals surface area contributed by atoms with E-state index in [1.54, 1.807) is 15.0 Å². The summed E-state index contributed by atoms with van der Waals surface area (Å²) in [4.78, 5) is 0. The second-order valence-electron chi connectivity index (χ2n) is 4.54. The van der Waals surface area contributed by atoms with Gasteiger partial charge in [-0.05, 0) is 45.8 Å². The molecule has 0 heterocycles. The van der Waals surface area contributed by atoms with Crippen molar-refractivity contribution in [1.82, 2.24) is 0 Å². The normalized spacial score (nSPS) is 10.5. The molecule has 0 aromatic heterocycles. The number of rotatable bonds is 4. The Balaban J connectivity index is 2.15. The zero-order valence-electron chi connectivity index (χ0n) is 11.6. The van der Waals surface area contributed by atoms with Crippen LogP contribution in [0, 0.1) is 0 Å². The molecule has 0 N–H and O–H groups in total. The maximum Gasteiger partial charge on any atom is 0.366 e. The lowest BCUT2D eigenvalue weighted by atomic mass is 10.0. The standard InChI is InChI=1S/C16H14B2O2/c1-17-19-13-5-7-15-11(9-13)3-4-12-10-14(20-18-2)6-8-16(12)15/h3-10H,1-2H3. The molecule has 0 bridgehead atoms. The van der Waals surface area contributed by atoms with Gasteiger partial charge in [-0.25, -0.2) is 0 Å². The average Bonchev–Trinajstić information content (AvgIpc) is 2.47. The molecule has 0 saturated heterocycles. The lowest BCUT2D eigenvalue weighted by molar-refractivity contribution is 0.600. The van der Waals surface area contributed by atoms with Crippen LogP contribution in [-0.2, 0) is 0 Å². The molecule has 2 radical (unpaired) electrons. The van der Waals surface area contributed by atoms with Gasteiger partial charge in [0.05, 0.1) is 11.5 Å². The Morgan fingerprint density at radius 1 is 0.650 bits per heavy atom. The van der Waals surface area contributed by atoms with Crippen molar-refractivity contribution >= 4 is 36.5 Å². The van der Waals surface area contributed by atoms with E-state index in [0.717, 1.165) is 11.5 Å². The Morgan fingerprint density at radius 2 is 1.10 bits per heavy atom. The summed E-state index contributed by atoms with van der Waals surface area (Å²) in [7, 11) is 3.38. The van der Waals surface area contributed by atoms with Gasteiger partial charge < -0.3 is 9.31 Å². The van der Waals surface area contributed by atoms with Crippen LogP contribution in [0.2, 0.25) is 13.6 Å². The highest BCUT2D eigenvalue weighted by atomic mass is 16.4. The van der Waals surface area contributed by atoms with Gasteiger partial charge in [0.25, 0.3) is 0 Å². The van der Waals surface area contributed by atoms with Gasteiger partial charge in [-0.1, -0.05) is 37.9 Å². The highest BCUT2D eigenvalue weighted by Gasteiger charge is 2.04. The summed E-state index contributed by atoms with van der Waals surface area (Å²) in [6.45, 7) is 3.74. The molecule has 96 valence electrons. The Kier molecular flexibility index (Phi) is 3.55. The second-order valence-corrected chi connectivity index (χ2v) is 4.54. The van der Waals surface area contributed by atoms with Gasteiger partial charge >= 0.3 is 15.0 Å². The van der Waals surface area contributed by atoms with Gasteiger partial charge in [-0.15, -0.1) is 0 Å². The molecule has 2 nitrogen and oxygen atoms in total. The predicted octanol–water partition coefficient (Wildman–Crippen LogP) is 4.09. The molecular weight excluding hydrogens is 246 g/mol. The first-order chi connectivity index (χ1) is 9.81. The molecule has 3 aromatic carbocycles. The quantitative estimate of drug-likeness (QED) is 0.519. The van der Waals surface area contributed by atoms with Crippen LogP contribution in [-0.4, -0.2) is 15.0 Å². The molecule has 3 rings (SSSR count). The maximum atomic E-state index is 5.43. The molecule has 4 heteroatoms. The number of hydrogen-bond donors (Lipinski definition) is 0. The van der Waals surface area contributed by atoms with Crippen LogP contribution in [0.25, 0.3) is 21.5 Å². The number of benzene rings is 3. The van der Waals surface area contributed by atoms with Crippen LogP contribution in [0.1, 0.15) is 0 Å². The molecule has 0 fully saturated rings. The predicted molar refractivity (Wildman–Crippen MR) is 85.9 cm³/mol. The van der Waals surface area contributed by atoms with Crippen LogP contribution >= 0.6 is 0 Å². The van der Waals surface area contributed by atoms with E-state index in [0.29, 0.717) is 0 Å². The van der Waals surface area contributed by atoms with Crippen molar-refractivity contribution in [3.63, 3.8) is 0 Å². The van der Waals surface area contributed by atoms with Crippen molar-refractivity contribution in [2.45, 2.75) is 13.6 Å². The molecule has 0 atom stereocenters. The number of hydrogen-bond acceptors (Lipinski definition) is 2. The largest absolute Gasteiger partial charge is 0.563 e. The van der Waals surface area contributed by atoms with Gasteiger partial charge in [0, 0.05) is 0 Å². The van der Waals surface area contributed by atoms with Gasteiger partial charge in [0.15, 0.2) is 0 Å². The molecule has 0 spiro atoms. The maximum absolute atomic E-state index is 5.43. The SMILES string of the molecule is C[B]Oc1ccc2c(ccc3cc(O[B]C)ccc32)c1. The summed E-state index contributed by atoms with van der Waals surface area (Å²) in [5.41, 5.74) is 0. The smallest absolute Gasteiger partial charge is 0.366 e. The van der Waals surface area contributed by atoms with E-state index in [1.165, 1.54) is 21.5 Å². The van der Waals surface area contributed by atoms with E-state index < -0.39 is 0 Å². The van der Waals surface area contributed by atoms with E-state index in [-0.39, 0.29) is 0 Å². The summed E-state index contributed by atoms with van der Waals surface area (Å²) >= 11 is 0. The van der Waals surface area contributed by atoms with Gasteiger partial charge in [0.2, 0.25) is 0 Å². The molecule has 0 unspecified atom stereocenters. The van der Waals surface area contributed by atoms with Crippen molar-refractivity contribution in [2.75, 3.05) is 0 Å². The van der Waals surface area contributed by atoms with Crippen molar-refractivity contribution in [2.24, 2.45) is 0 Å². The monoisotopic (exact) mass is 260 g/mol. The van der Waals surface area contributed by atoms with Crippen LogP contribution in [0.5, 0.6) is 11.5 Å². The summed E-state index contributed by atoms with van der Waals surface area (Å²) in [5, 5.41) is 4.79. The van der Waals surface area contributed by atoms with Crippen LogP contribution in [0.4, 0.5) is 0 Å². The lowest BCUT2D eigenvalue weighted by Crippen LogP contribution is -1.95. The first-order valence-electron chi connectivity index (χ1n) is 6.67. The van der Waals surface area contributed by atoms with Crippen molar-refractivity contribution in [3.8, 4) is 11.5 Å². The zero-order valence-corrected chi connectivity index (χ0v) is 11.6. The third kappa shape index (κ3) is 2.34. The van der Waals surface area contributed by atoms with Crippen LogP contribution in [0.15, 0.2) is 48.5 Å². The first-order valence-corrected chi connectivity index (χ1v) is 6.67. The lowest BCUT2D eigenvalue weighted by Gasteiger charge is -2.09. The van der Waals surface area contributed by atoms with Crippen LogP contribution < -0.4 is 9.31 Å². The van der Waals surface area contributed by atoms with E-state index in [1.807, 2.05) is 25.8 Å². The summed E-state index contributed by atoms with van der Waals surface area (Å²) < 4.78 is 10.9. The van der Waals surface area contributed by atoms with E-state index in [4.69, 9.17) is 9.31 Å². The molecule has 0 amide bonds. The number of fused-ring (bicyclic) bond motifs is 3. The first kappa shape index (κ1) is 12.9. The van der Waals surface area contributed by atoms with Crippen molar-refractivity contribution in [3.05, 3.63) is 48.5 Å². The topological polar surface area (TPSA) is 18.5 Å². The minimum absolute atomic E-state index is 0.861.